The molecule has 0 radical (unpaired) electrons. The molecule has 0 aliphatic carbocycles. The van der Waals surface area contributed by atoms with Gasteiger partial charge in [-0.15, -0.1) is 0 Å². The van der Waals surface area contributed by atoms with Crippen LogP contribution in [-0.2, 0) is 14.4 Å². The van der Waals surface area contributed by atoms with Crippen molar-refractivity contribution in [2.24, 2.45) is 5.16 Å². The van der Waals surface area contributed by atoms with Crippen LogP contribution in [-0.4, -0.2) is 29.6 Å². The second-order valence-electron chi connectivity index (χ2n) is 4.86. The number of carbonyl (C=O) groups is 2. The fraction of sp³-hybridized carbons (Fsp3) is 0.0625. The van der Waals surface area contributed by atoms with Crippen LogP contribution >= 0.6 is 0 Å². The molecule has 0 atom stereocenters. The maximum atomic E-state index is 13.0. The standard InChI is InChI=1S/C16H13FN4O5/c17-11-3-1-4-12(7-11)20-16(23)10-26-18-9-15(22)19-13-5-2-6-14(8-13)21(24)25/h1-9H,10H2,(H,19,22)(H,20,23)/b18-9-. The molecule has 2 aromatic rings. The van der Waals surface area contributed by atoms with Crippen molar-refractivity contribution >= 4 is 35.1 Å². The average molecular weight is 360 g/mol. The summed E-state index contributed by atoms with van der Waals surface area (Å²) < 4.78 is 13.0. The Kier molecular flexibility index (Phi) is 6.32. The summed E-state index contributed by atoms with van der Waals surface area (Å²) >= 11 is 0. The monoisotopic (exact) mass is 360 g/mol. The Morgan fingerprint density at radius 1 is 1.15 bits per heavy atom. The van der Waals surface area contributed by atoms with E-state index >= 15 is 0 Å². The Labute approximate surface area is 146 Å². The number of anilines is 2. The van der Waals surface area contributed by atoms with E-state index in [1.807, 2.05) is 0 Å². The molecular formula is C16H13FN4O5. The van der Waals surface area contributed by atoms with E-state index in [0.717, 1.165) is 12.3 Å². The minimum atomic E-state index is -0.698. The lowest BCUT2D eigenvalue weighted by atomic mass is 10.3. The Hall–Kier alpha value is -3.82. The average Bonchev–Trinajstić information content (AvgIpc) is 2.59. The molecule has 0 fully saturated rings. The Bertz CT molecular complexity index is 856. The molecule has 2 amide bonds. The third-order valence-corrected chi connectivity index (χ3v) is 2.87. The number of nitro benzene ring substituents is 1. The number of halogens is 1. The third kappa shape index (κ3) is 6.00. The highest BCUT2D eigenvalue weighted by molar-refractivity contribution is 6.31. The summed E-state index contributed by atoms with van der Waals surface area (Å²) in [4.78, 5) is 37.9. The van der Waals surface area contributed by atoms with Gasteiger partial charge >= 0.3 is 0 Å². The largest absolute Gasteiger partial charge is 0.385 e. The predicted octanol–water partition coefficient (Wildman–Crippen LogP) is 2.31. The topological polar surface area (TPSA) is 123 Å². The number of nitro groups is 1. The number of nitrogens with one attached hydrogen (secondary N) is 2. The maximum absolute atomic E-state index is 13.0. The van der Waals surface area contributed by atoms with Crippen molar-refractivity contribution < 1.29 is 23.7 Å². The van der Waals surface area contributed by atoms with Crippen LogP contribution in [0.2, 0.25) is 0 Å². The lowest BCUT2D eigenvalue weighted by Crippen LogP contribution is -2.18. The van der Waals surface area contributed by atoms with Gasteiger partial charge in [-0.05, 0) is 24.3 Å². The molecule has 10 heteroatoms. The van der Waals surface area contributed by atoms with Gasteiger partial charge in [0, 0.05) is 23.5 Å². The van der Waals surface area contributed by atoms with Crippen molar-refractivity contribution in [1.29, 1.82) is 0 Å². The quantitative estimate of drug-likeness (QED) is 0.446. The molecule has 0 aromatic heterocycles. The first-order valence-corrected chi connectivity index (χ1v) is 7.20. The Morgan fingerprint density at radius 3 is 2.54 bits per heavy atom. The van der Waals surface area contributed by atoms with Crippen molar-refractivity contribution in [2.45, 2.75) is 0 Å². The molecule has 9 nitrogen and oxygen atoms in total. The second kappa shape index (κ2) is 8.87. The highest BCUT2D eigenvalue weighted by Crippen LogP contribution is 2.16. The summed E-state index contributed by atoms with van der Waals surface area (Å²) in [5.74, 6) is -1.79. The summed E-state index contributed by atoms with van der Waals surface area (Å²) in [7, 11) is 0. The molecule has 0 spiro atoms. The van der Waals surface area contributed by atoms with Gasteiger partial charge in [-0.1, -0.05) is 17.3 Å². The minimum absolute atomic E-state index is 0.176. The molecular weight excluding hydrogens is 347 g/mol. The predicted molar refractivity (Wildman–Crippen MR) is 91.2 cm³/mol. The van der Waals surface area contributed by atoms with Crippen molar-refractivity contribution in [2.75, 3.05) is 17.2 Å². The van der Waals surface area contributed by atoms with Crippen molar-refractivity contribution in [3.63, 3.8) is 0 Å². The molecule has 2 N–H and O–H groups in total. The number of hydrogen-bond acceptors (Lipinski definition) is 6. The zero-order chi connectivity index (χ0) is 18.9. The fourth-order valence-electron chi connectivity index (χ4n) is 1.82. The molecule has 2 aromatic carbocycles. The van der Waals surface area contributed by atoms with Gasteiger partial charge in [0.05, 0.1) is 4.92 Å². The summed E-state index contributed by atoms with van der Waals surface area (Å²) in [5, 5.41) is 18.7. The number of nitrogens with zero attached hydrogens (tertiary/aromatic N) is 2. The normalized spacial score (nSPS) is 10.3. The minimum Gasteiger partial charge on any atom is -0.385 e. The number of amides is 2. The third-order valence-electron chi connectivity index (χ3n) is 2.87. The molecule has 0 aliphatic rings. The number of hydrogen-bond donors (Lipinski definition) is 2. The number of carbonyl (C=O) groups excluding carboxylic acids is 2. The maximum Gasteiger partial charge on any atom is 0.271 e. The highest BCUT2D eigenvalue weighted by Gasteiger charge is 2.07. The molecule has 2 rings (SSSR count). The number of benzene rings is 2. The van der Waals surface area contributed by atoms with Crippen LogP contribution in [0.1, 0.15) is 0 Å². The van der Waals surface area contributed by atoms with E-state index in [0.29, 0.717) is 0 Å². The lowest BCUT2D eigenvalue weighted by molar-refractivity contribution is -0.384. The van der Waals surface area contributed by atoms with Gasteiger partial charge in [0.25, 0.3) is 17.5 Å². The molecule has 0 unspecified atom stereocenters. The van der Waals surface area contributed by atoms with Crippen LogP contribution < -0.4 is 10.6 Å². The molecule has 0 aliphatic heterocycles. The summed E-state index contributed by atoms with van der Waals surface area (Å²) in [6.45, 7) is -0.489. The summed E-state index contributed by atoms with van der Waals surface area (Å²) in [6.07, 6.45) is 0.772. The van der Waals surface area contributed by atoms with Gasteiger partial charge in [0.15, 0.2) is 6.61 Å². The van der Waals surface area contributed by atoms with Crippen LogP contribution in [0.3, 0.4) is 0 Å². The van der Waals surface area contributed by atoms with E-state index in [9.17, 15) is 24.1 Å². The molecule has 26 heavy (non-hydrogen) atoms. The van der Waals surface area contributed by atoms with Gasteiger partial charge in [-0.3, -0.25) is 19.7 Å². The molecule has 0 saturated heterocycles. The zero-order valence-electron chi connectivity index (χ0n) is 13.2. The SMILES string of the molecule is O=C(/C=N\OCC(=O)Nc1cccc(F)c1)Nc1cccc([N+](=O)[O-])c1. The van der Waals surface area contributed by atoms with E-state index in [2.05, 4.69) is 20.6 Å². The van der Waals surface area contributed by atoms with Gasteiger partial charge in [-0.25, -0.2) is 4.39 Å². The van der Waals surface area contributed by atoms with E-state index in [4.69, 9.17) is 0 Å². The van der Waals surface area contributed by atoms with Gasteiger partial charge in [0.1, 0.15) is 12.0 Å². The Balaban J connectivity index is 1.77. The van der Waals surface area contributed by atoms with E-state index < -0.39 is 29.2 Å². The Morgan fingerprint density at radius 2 is 1.85 bits per heavy atom. The lowest BCUT2D eigenvalue weighted by Gasteiger charge is -2.04. The van der Waals surface area contributed by atoms with Gasteiger partial charge in [-0.2, -0.15) is 0 Å². The van der Waals surface area contributed by atoms with Crippen molar-refractivity contribution in [3.8, 4) is 0 Å². The molecule has 0 saturated carbocycles. The van der Waals surface area contributed by atoms with Gasteiger partial charge in [0.2, 0.25) is 0 Å². The summed E-state index contributed by atoms with van der Waals surface area (Å²) in [6, 6.07) is 10.6. The van der Waals surface area contributed by atoms with E-state index in [1.54, 1.807) is 0 Å². The highest BCUT2D eigenvalue weighted by atomic mass is 19.1. The van der Waals surface area contributed by atoms with Crippen LogP contribution in [0.25, 0.3) is 0 Å². The first kappa shape index (κ1) is 18.5. The van der Waals surface area contributed by atoms with Crippen LogP contribution in [0.15, 0.2) is 53.7 Å². The van der Waals surface area contributed by atoms with Crippen molar-refractivity contribution in [1.82, 2.24) is 0 Å². The number of non-ortho nitro benzene ring substituents is 1. The number of rotatable bonds is 7. The van der Waals surface area contributed by atoms with Crippen molar-refractivity contribution in [3.05, 3.63) is 64.5 Å². The first-order valence-electron chi connectivity index (χ1n) is 7.20. The zero-order valence-corrected chi connectivity index (χ0v) is 13.2. The number of oxime groups is 1. The van der Waals surface area contributed by atoms with Gasteiger partial charge < -0.3 is 15.5 Å². The summed E-state index contributed by atoms with van der Waals surface area (Å²) in [5.41, 5.74) is 0.288. The van der Waals surface area contributed by atoms with Crippen LogP contribution in [0.5, 0.6) is 0 Å². The fourth-order valence-corrected chi connectivity index (χ4v) is 1.82. The smallest absolute Gasteiger partial charge is 0.271 e. The molecule has 134 valence electrons. The van der Waals surface area contributed by atoms with Crippen LogP contribution in [0.4, 0.5) is 21.5 Å². The van der Waals surface area contributed by atoms with Crippen LogP contribution in [0, 0.1) is 15.9 Å². The second-order valence-corrected chi connectivity index (χ2v) is 4.86. The first-order chi connectivity index (χ1) is 12.4. The molecule has 0 bridgehead atoms. The molecule has 0 heterocycles. The van der Waals surface area contributed by atoms with E-state index in [1.165, 1.54) is 42.5 Å². The van der Waals surface area contributed by atoms with E-state index in [-0.39, 0.29) is 17.1 Å².